The minimum absolute atomic E-state index is 0.122. The number of nitrogens with two attached hydrogens (primary N) is 1. The lowest BCUT2D eigenvalue weighted by atomic mass is 10.0. The van der Waals surface area contributed by atoms with Crippen LogP contribution in [-0.2, 0) is 6.54 Å². The molecule has 2 aromatic rings. The van der Waals surface area contributed by atoms with E-state index in [1.54, 1.807) is 10.9 Å². The van der Waals surface area contributed by atoms with Crippen molar-refractivity contribution < 1.29 is 8.78 Å². The molecular formula is C12H13F2N3. The Morgan fingerprint density at radius 2 is 2.00 bits per heavy atom. The fourth-order valence-electron chi connectivity index (χ4n) is 1.69. The lowest BCUT2D eigenvalue weighted by Gasteiger charge is -2.11. The van der Waals surface area contributed by atoms with E-state index in [4.69, 9.17) is 5.73 Å². The third-order valence-electron chi connectivity index (χ3n) is 2.65. The number of benzene rings is 1. The molecule has 17 heavy (non-hydrogen) atoms. The Morgan fingerprint density at radius 3 is 2.53 bits per heavy atom. The van der Waals surface area contributed by atoms with Crippen molar-refractivity contribution in [2.24, 2.45) is 5.73 Å². The van der Waals surface area contributed by atoms with E-state index in [1.165, 1.54) is 24.4 Å². The molecule has 0 radical (unpaired) electrons. The molecule has 1 aromatic heterocycles. The number of aryl methyl sites for hydroxylation is 1. The van der Waals surface area contributed by atoms with E-state index in [0.29, 0.717) is 12.1 Å². The van der Waals surface area contributed by atoms with Crippen LogP contribution in [0.15, 0.2) is 30.6 Å². The Kier molecular flexibility index (Phi) is 3.19. The first-order chi connectivity index (χ1) is 8.13. The molecule has 0 fully saturated rings. The maximum atomic E-state index is 13.5. The molecule has 5 heteroatoms. The highest BCUT2D eigenvalue weighted by Gasteiger charge is 2.19. The molecule has 0 bridgehead atoms. The molecule has 0 aliphatic carbocycles. The standard InChI is InChI=1S/C12H13F2N3/c1-2-17-7-8(6-16-17)12(15)11-9(13)4-3-5-10(11)14/h3-7,12H,2,15H2,1H3. The topological polar surface area (TPSA) is 43.8 Å². The quantitative estimate of drug-likeness (QED) is 0.889. The number of rotatable bonds is 3. The van der Waals surface area contributed by atoms with Gasteiger partial charge in [0.05, 0.1) is 12.2 Å². The van der Waals surface area contributed by atoms with Crippen LogP contribution in [0.3, 0.4) is 0 Å². The van der Waals surface area contributed by atoms with E-state index in [2.05, 4.69) is 5.10 Å². The lowest BCUT2D eigenvalue weighted by Crippen LogP contribution is -2.15. The van der Waals surface area contributed by atoms with Gasteiger partial charge in [-0.2, -0.15) is 5.10 Å². The van der Waals surface area contributed by atoms with Crippen LogP contribution >= 0.6 is 0 Å². The van der Waals surface area contributed by atoms with Crippen molar-refractivity contribution in [3.63, 3.8) is 0 Å². The molecule has 90 valence electrons. The minimum atomic E-state index is -0.837. The van der Waals surface area contributed by atoms with Gasteiger partial charge in [-0.1, -0.05) is 6.07 Å². The zero-order valence-corrected chi connectivity index (χ0v) is 9.40. The van der Waals surface area contributed by atoms with Crippen LogP contribution in [0.25, 0.3) is 0 Å². The Balaban J connectivity index is 2.39. The molecule has 0 amide bonds. The van der Waals surface area contributed by atoms with Gasteiger partial charge in [-0.05, 0) is 19.1 Å². The van der Waals surface area contributed by atoms with Gasteiger partial charge in [0.2, 0.25) is 0 Å². The first-order valence-corrected chi connectivity index (χ1v) is 5.35. The Morgan fingerprint density at radius 1 is 1.35 bits per heavy atom. The second-order valence-electron chi connectivity index (χ2n) is 3.74. The summed E-state index contributed by atoms with van der Waals surface area (Å²) in [6.07, 6.45) is 3.22. The molecule has 2 rings (SSSR count). The summed E-state index contributed by atoms with van der Waals surface area (Å²) in [4.78, 5) is 0. The summed E-state index contributed by atoms with van der Waals surface area (Å²) in [6.45, 7) is 2.61. The van der Waals surface area contributed by atoms with Gasteiger partial charge in [-0.3, -0.25) is 4.68 Å². The summed E-state index contributed by atoms with van der Waals surface area (Å²) in [7, 11) is 0. The monoisotopic (exact) mass is 237 g/mol. The number of aromatic nitrogens is 2. The molecule has 3 nitrogen and oxygen atoms in total. The molecule has 1 atom stereocenters. The van der Waals surface area contributed by atoms with Crippen molar-refractivity contribution in [3.05, 3.63) is 53.4 Å². The molecule has 2 N–H and O–H groups in total. The van der Waals surface area contributed by atoms with Gasteiger partial charge in [-0.25, -0.2) is 8.78 Å². The number of halogens is 2. The molecule has 1 aromatic carbocycles. The highest BCUT2D eigenvalue weighted by Crippen LogP contribution is 2.24. The average Bonchev–Trinajstić information content (AvgIpc) is 2.77. The van der Waals surface area contributed by atoms with Gasteiger partial charge in [0.25, 0.3) is 0 Å². The van der Waals surface area contributed by atoms with Crippen molar-refractivity contribution >= 4 is 0 Å². The van der Waals surface area contributed by atoms with Gasteiger partial charge in [0.15, 0.2) is 0 Å². The molecular weight excluding hydrogens is 224 g/mol. The summed E-state index contributed by atoms with van der Waals surface area (Å²) in [6, 6.07) is 2.87. The van der Waals surface area contributed by atoms with Gasteiger partial charge in [0, 0.05) is 23.9 Å². The van der Waals surface area contributed by atoms with Gasteiger partial charge < -0.3 is 5.73 Å². The van der Waals surface area contributed by atoms with Crippen LogP contribution in [0.4, 0.5) is 8.78 Å². The summed E-state index contributed by atoms with van der Waals surface area (Å²) >= 11 is 0. The fourth-order valence-corrected chi connectivity index (χ4v) is 1.69. The third kappa shape index (κ3) is 2.19. The summed E-state index contributed by atoms with van der Waals surface area (Å²) in [5.74, 6) is -1.27. The lowest BCUT2D eigenvalue weighted by molar-refractivity contribution is 0.543. The molecule has 0 saturated heterocycles. The summed E-state index contributed by atoms with van der Waals surface area (Å²) in [5.41, 5.74) is 6.32. The van der Waals surface area contributed by atoms with Gasteiger partial charge >= 0.3 is 0 Å². The predicted octanol–water partition coefficient (Wildman–Crippen LogP) is 2.23. The largest absolute Gasteiger partial charge is 0.320 e. The zero-order valence-electron chi connectivity index (χ0n) is 9.40. The van der Waals surface area contributed by atoms with Crippen LogP contribution in [0.2, 0.25) is 0 Å². The SMILES string of the molecule is CCn1cc(C(N)c2c(F)cccc2F)cn1. The smallest absolute Gasteiger partial charge is 0.131 e. The van der Waals surface area contributed by atoms with E-state index < -0.39 is 17.7 Å². The summed E-state index contributed by atoms with van der Waals surface area (Å²) < 4.78 is 28.7. The van der Waals surface area contributed by atoms with Crippen LogP contribution in [0.5, 0.6) is 0 Å². The average molecular weight is 237 g/mol. The zero-order chi connectivity index (χ0) is 12.4. The van der Waals surface area contributed by atoms with Crippen molar-refractivity contribution in [2.45, 2.75) is 19.5 Å². The Bertz CT molecular complexity index is 502. The first-order valence-electron chi connectivity index (χ1n) is 5.35. The van der Waals surface area contributed by atoms with Crippen LogP contribution in [0.1, 0.15) is 24.1 Å². The van der Waals surface area contributed by atoms with Gasteiger partial charge in [0.1, 0.15) is 11.6 Å². The van der Waals surface area contributed by atoms with Crippen LogP contribution < -0.4 is 5.73 Å². The predicted molar refractivity (Wildman–Crippen MR) is 60.3 cm³/mol. The minimum Gasteiger partial charge on any atom is -0.320 e. The second-order valence-corrected chi connectivity index (χ2v) is 3.74. The number of hydrogen-bond acceptors (Lipinski definition) is 2. The molecule has 0 aliphatic heterocycles. The van der Waals surface area contributed by atoms with Crippen molar-refractivity contribution in [1.29, 1.82) is 0 Å². The molecule has 0 aliphatic rings. The third-order valence-corrected chi connectivity index (χ3v) is 2.65. The maximum absolute atomic E-state index is 13.5. The van der Waals surface area contributed by atoms with Crippen LogP contribution in [0, 0.1) is 11.6 Å². The second kappa shape index (κ2) is 4.63. The van der Waals surface area contributed by atoms with E-state index in [0.717, 1.165) is 0 Å². The Hall–Kier alpha value is -1.75. The molecule has 1 heterocycles. The summed E-state index contributed by atoms with van der Waals surface area (Å²) in [5, 5.41) is 4.03. The van der Waals surface area contributed by atoms with Crippen molar-refractivity contribution in [3.8, 4) is 0 Å². The van der Waals surface area contributed by atoms with E-state index in [9.17, 15) is 8.78 Å². The van der Waals surface area contributed by atoms with Crippen molar-refractivity contribution in [2.75, 3.05) is 0 Å². The van der Waals surface area contributed by atoms with Crippen LogP contribution in [-0.4, -0.2) is 9.78 Å². The van der Waals surface area contributed by atoms with E-state index in [-0.39, 0.29) is 5.56 Å². The highest BCUT2D eigenvalue weighted by molar-refractivity contribution is 5.31. The normalized spacial score (nSPS) is 12.7. The van der Waals surface area contributed by atoms with Gasteiger partial charge in [-0.15, -0.1) is 0 Å². The number of hydrogen-bond donors (Lipinski definition) is 1. The molecule has 1 unspecified atom stereocenters. The molecule has 0 saturated carbocycles. The number of nitrogens with zero attached hydrogens (tertiary/aromatic N) is 2. The Labute approximate surface area is 97.9 Å². The fraction of sp³-hybridized carbons (Fsp3) is 0.250. The van der Waals surface area contributed by atoms with E-state index >= 15 is 0 Å². The van der Waals surface area contributed by atoms with Crippen molar-refractivity contribution in [1.82, 2.24) is 9.78 Å². The van der Waals surface area contributed by atoms with E-state index in [1.807, 2.05) is 6.92 Å². The maximum Gasteiger partial charge on any atom is 0.131 e. The first kappa shape index (κ1) is 11.7. The molecule has 0 spiro atoms. The highest BCUT2D eigenvalue weighted by atomic mass is 19.1.